The highest BCUT2D eigenvalue weighted by atomic mass is 35.5. The lowest BCUT2D eigenvalue weighted by Crippen LogP contribution is -2.24. The molecule has 0 aliphatic heterocycles. The summed E-state index contributed by atoms with van der Waals surface area (Å²) in [5, 5.41) is 16.4. The molecule has 1 atom stereocenters. The zero-order valence-corrected chi connectivity index (χ0v) is 11.8. The molecule has 0 aliphatic rings. The van der Waals surface area contributed by atoms with Crippen molar-refractivity contribution >= 4 is 40.2 Å². The second-order valence-electron chi connectivity index (χ2n) is 3.72. The molecule has 0 aromatic carbocycles. The van der Waals surface area contributed by atoms with Crippen molar-refractivity contribution in [3.63, 3.8) is 0 Å². The maximum Gasteiger partial charge on any atom is 0.261 e. The Hall–Kier alpha value is -0.880. The molecule has 6 heteroatoms. The fraction of sp³-hybridized carbons (Fsp3) is 0.250. The molecule has 2 heterocycles. The van der Waals surface area contributed by atoms with Crippen LogP contribution in [0.2, 0.25) is 4.34 Å². The number of carbonyl (C=O) groups is 1. The summed E-state index contributed by atoms with van der Waals surface area (Å²) in [7, 11) is 0. The molecular weight excluding hydrogens is 290 g/mol. The highest BCUT2D eigenvalue weighted by Crippen LogP contribution is 2.21. The van der Waals surface area contributed by atoms with Gasteiger partial charge in [0.15, 0.2) is 0 Å². The number of rotatable bonds is 5. The van der Waals surface area contributed by atoms with Gasteiger partial charge in [-0.3, -0.25) is 4.79 Å². The third-order valence-electron chi connectivity index (χ3n) is 2.43. The molecule has 96 valence electrons. The quantitative estimate of drug-likeness (QED) is 0.890. The molecule has 2 N–H and O–H groups in total. The van der Waals surface area contributed by atoms with Crippen LogP contribution >= 0.6 is 34.3 Å². The number of thiophene rings is 2. The third kappa shape index (κ3) is 3.55. The number of carbonyl (C=O) groups excluding carboxylic acids is 1. The minimum absolute atomic E-state index is 0.149. The summed E-state index contributed by atoms with van der Waals surface area (Å²) in [4.78, 5) is 12.3. The van der Waals surface area contributed by atoms with Crippen LogP contribution < -0.4 is 5.32 Å². The summed E-state index contributed by atoms with van der Waals surface area (Å²) in [5.41, 5.74) is 0.897. The zero-order chi connectivity index (χ0) is 13.0. The van der Waals surface area contributed by atoms with Gasteiger partial charge in [0.1, 0.15) is 0 Å². The maximum atomic E-state index is 11.7. The van der Waals surface area contributed by atoms with Gasteiger partial charge in [-0.25, -0.2) is 0 Å². The summed E-state index contributed by atoms with van der Waals surface area (Å²) in [6.07, 6.45) is -0.0230. The van der Waals surface area contributed by atoms with Gasteiger partial charge in [-0.15, -0.1) is 11.3 Å². The monoisotopic (exact) mass is 301 g/mol. The van der Waals surface area contributed by atoms with Gasteiger partial charge in [0.25, 0.3) is 5.91 Å². The molecule has 0 fully saturated rings. The van der Waals surface area contributed by atoms with Crippen molar-refractivity contribution in [1.29, 1.82) is 0 Å². The predicted octanol–water partition coefficient (Wildman–Crippen LogP) is 3.32. The highest BCUT2D eigenvalue weighted by molar-refractivity contribution is 7.18. The van der Waals surface area contributed by atoms with Crippen molar-refractivity contribution in [2.45, 2.75) is 12.5 Å². The SMILES string of the molecule is O=C(NCCC(O)c1ccsc1)c1ccc(Cl)s1. The topological polar surface area (TPSA) is 49.3 Å². The van der Waals surface area contributed by atoms with Gasteiger partial charge in [0.2, 0.25) is 0 Å². The van der Waals surface area contributed by atoms with Crippen molar-refractivity contribution in [3.05, 3.63) is 43.7 Å². The molecule has 1 unspecified atom stereocenters. The van der Waals surface area contributed by atoms with Crippen molar-refractivity contribution in [1.82, 2.24) is 5.32 Å². The van der Waals surface area contributed by atoms with Crippen LogP contribution in [-0.4, -0.2) is 17.6 Å². The normalized spacial score (nSPS) is 12.3. The number of aliphatic hydroxyl groups is 1. The molecule has 2 aromatic heterocycles. The van der Waals surface area contributed by atoms with Crippen LogP contribution in [-0.2, 0) is 0 Å². The van der Waals surface area contributed by atoms with Crippen LogP contribution in [0.15, 0.2) is 29.0 Å². The molecule has 2 aromatic rings. The minimum Gasteiger partial charge on any atom is -0.388 e. The smallest absolute Gasteiger partial charge is 0.261 e. The summed E-state index contributed by atoms with van der Waals surface area (Å²) >= 11 is 8.55. The van der Waals surface area contributed by atoms with Crippen LogP contribution in [0.1, 0.15) is 27.8 Å². The Kier molecular flexibility index (Phi) is 4.77. The van der Waals surface area contributed by atoms with Gasteiger partial charge in [-0.1, -0.05) is 11.6 Å². The van der Waals surface area contributed by atoms with E-state index in [1.807, 2.05) is 16.8 Å². The second kappa shape index (κ2) is 6.33. The van der Waals surface area contributed by atoms with Gasteiger partial charge in [0, 0.05) is 6.54 Å². The lowest BCUT2D eigenvalue weighted by molar-refractivity contribution is 0.0947. The standard InChI is InChI=1S/C12H12ClNO2S2/c13-11-2-1-10(18-11)12(16)14-5-3-9(15)8-4-6-17-7-8/h1-2,4,6-7,9,15H,3,5H2,(H,14,16). The van der Waals surface area contributed by atoms with Gasteiger partial charge < -0.3 is 10.4 Å². The Labute approximate surface area is 118 Å². The first-order valence-corrected chi connectivity index (χ1v) is 7.54. The molecule has 0 radical (unpaired) electrons. The molecule has 3 nitrogen and oxygen atoms in total. The van der Waals surface area contributed by atoms with Crippen LogP contribution in [0.3, 0.4) is 0 Å². The van der Waals surface area contributed by atoms with Crippen molar-refractivity contribution in [3.8, 4) is 0 Å². The zero-order valence-electron chi connectivity index (χ0n) is 9.43. The second-order valence-corrected chi connectivity index (χ2v) is 6.22. The summed E-state index contributed by atoms with van der Waals surface area (Å²) in [5.74, 6) is -0.149. The number of amides is 1. The van der Waals surface area contributed by atoms with Crippen LogP contribution in [0, 0.1) is 0 Å². The Morgan fingerprint density at radius 1 is 1.44 bits per heavy atom. The number of halogens is 1. The van der Waals surface area contributed by atoms with E-state index in [1.54, 1.807) is 23.5 Å². The van der Waals surface area contributed by atoms with E-state index in [0.29, 0.717) is 22.2 Å². The summed E-state index contributed by atoms with van der Waals surface area (Å²) < 4.78 is 0.596. The summed E-state index contributed by atoms with van der Waals surface area (Å²) in [6.45, 7) is 0.436. The third-order valence-corrected chi connectivity index (χ3v) is 4.36. The van der Waals surface area contributed by atoms with E-state index < -0.39 is 6.10 Å². The number of aliphatic hydroxyl groups excluding tert-OH is 1. The Bertz CT molecular complexity index is 510. The number of hydrogen-bond donors (Lipinski definition) is 2. The molecular formula is C12H12ClNO2S2. The first-order valence-electron chi connectivity index (χ1n) is 5.40. The average molecular weight is 302 g/mol. The lowest BCUT2D eigenvalue weighted by Gasteiger charge is -2.09. The van der Waals surface area contributed by atoms with Gasteiger partial charge in [-0.05, 0) is 40.9 Å². The Morgan fingerprint density at radius 2 is 2.28 bits per heavy atom. The van der Waals surface area contributed by atoms with E-state index in [4.69, 9.17) is 11.6 Å². The fourth-order valence-electron chi connectivity index (χ4n) is 1.48. The van der Waals surface area contributed by atoms with E-state index in [9.17, 15) is 9.90 Å². The van der Waals surface area contributed by atoms with Crippen molar-refractivity contribution in [2.75, 3.05) is 6.54 Å². The Morgan fingerprint density at radius 3 is 2.89 bits per heavy atom. The lowest BCUT2D eigenvalue weighted by atomic mass is 10.1. The fourth-order valence-corrected chi connectivity index (χ4v) is 3.14. The first kappa shape index (κ1) is 13.5. The number of nitrogens with one attached hydrogen (secondary N) is 1. The first-order chi connectivity index (χ1) is 8.66. The van der Waals surface area contributed by atoms with Crippen molar-refractivity contribution in [2.24, 2.45) is 0 Å². The molecule has 0 aliphatic carbocycles. The molecule has 1 amide bonds. The van der Waals surface area contributed by atoms with Crippen molar-refractivity contribution < 1.29 is 9.90 Å². The molecule has 0 bridgehead atoms. The molecule has 18 heavy (non-hydrogen) atoms. The van der Waals surface area contributed by atoms with E-state index in [2.05, 4.69) is 5.32 Å². The molecule has 0 saturated carbocycles. The van der Waals surface area contributed by atoms with E-state index in [1.165, 1.54) is 11.3 Å². The van der Waals surface area contributed by atoms with E-state index in [0.717, 1.165) is 5.56 Å². The van der Waals surface area contributed by atoms with Gasteiger partial charge in [-0.2, -0.15) is 11.3 Å². The summed E-state index contributed by atoms with van der Waals surface area (Å²) in [6, 6.07) is 5.27. The van der Waals surface area contributed by atoms with E-state index in [-0.39, 0.29) is 5.91 Å². The maximum absolute atomic E-state index is 11.7. The molecule has 0 spiro atoms. The Balaban J connectivity index is 1.77. The molecule has 2 rings (SSSR count). The van der Waals surface area contributed by atoms with Crippen LogP contribution in [0.25, 0.3) is 0 Å². The largest absolute Gasteiger partial charge is 0.388 e. The predicted molar refractivity (Wildman–Crippen MR) is 75.6 cm³/mol. The van der Waals surface area contributed by atoms with Gasteiger partial charge in [0.05, 0.1) is 15.3 Å². The van der Waals surface area contributed by atoms with Crippen LogP contribution in [0.4, 0.5) is 0 Å². The highest BCUT2D eigenvalue weighted by Gasteiger charge is 2.10. The minimum atomic E-state index is -0.525. The molecule has 0 saturated heterocycles. The van der Waals surface area contributed by atoms with Crippen LogP contribution in [0.5, 0.6) is 0 Å². The number of hydrogen-bond acceptors (Lipinski definition) is 4. The van der Waals surface area contributed by atoms with E-state index >= 15 is 0 Å². The average Bonchev–Trinajstić information content (AvgIpc) is 2.99. The van der Waals surface area contributed by atoms with Gasteiger partial charge >= 0.3 is 0 Å².